The number of nitrogens with zero attached hydrogens (tertiary/aromatic N) is 3. The van der Waals surface area contributed by atoms with Crippen LogP contribution in [0.5, 0.6) is 0 Å². The lowest BCUT2D eigenvalue weighted by Gasteiger charge is -2.46. The predicted octanol–water partition coefficient (Wildman–Crippen LogP) is -0.498. The Labute approximate surface area is 185 Å². The zero-order valence-corrected chi connectivity index (χ0v) is 19.1. The van der Waals surface area contributed by atoms with Crippen molar-refractivity contribution in [2.75, 3.05) is 6.54 Å². The molecule has 4 rings (SSSR count). The second-order valence-corrected chi connectivity index (χ2v) is 10.2. The van der Waals surface area contributed by atoms with Crippen molar-refractivity contribution in [1.82, 2.24) is 14.9 Å². The van der Waals surface area contributed by atoms with Gasteiger partial charge in [-0.05, 0) is 13.3 Å². The number of carbonyl (C=O) groups excluding carboxylic acids is 1. The first kappa shape index (κ1) is 22.3. The second kappa shape index (κ2) is 8.23. The van der Waals surface area contributed by atoms with E-state index >= 15 is 0 Å². The summed E-state index contributed by atoms with van der Waals surface area (Å²) >= 11 is 1.56. The Kier molecular flexibility index (Phi) is 5.93. The second-order valence-electron chi connectivity index (χ2n) is 8.89. The van der Waals surface area contributed by atoms with Crippen molar-refractivity contribution in [3.05, 3.63) is 28.1 Å². The molecule has 0 bridgehead atoms. The van der Waals surface area contributed by atoms with Crippen molar-refractivity contribution in [1.29, 1.82) is 0 Å². The third-order valence-electron chi connectivity index (χ3n) is 7.02. The van der Waals surface area contributed by atoms with E-state index in [1.165, 1.54) is 4.90 Å². The van der Waals surface area contributed by atoms with Gasteiger partial charge in [0.1, 0.15) is 11.4 Å². The zero-order chi connectivity index (χ0) is 22.6. The lowest BCUT2D eigenvalue weighted by molar-refractivity contribution is -0.758. The van der Waals surface area contributed by atoms with Gasteiger partial charge >= 0.3 is 5.97 Å². The minimum absolute atomic E-state index is 0.00520. The van der Waals surface area contributed by atoms with Gasteiger partial charge in [0.15, 0.2) is 7.05 Å². The zero-order valence-electron chi connectivity index (χ0n) is 18.3. The number of carboxylic acids is 1. The molecule has 2 saturated heterocycles. The van der Waals surface area contributed by atoms with E-state index in [1.54, 1.807) is 18.7 Å². The average Bonchev–Trinajstić information content (AvgIpc) is 3.33. The number of nitrogens with one attached hydrogen (secondary N) is 1. The summed E-state index contributed by atoms with van der Waals surface area (Å²) in [6.45, 7) is 4.31. The maximum Gasteiger partial charge on any atom is 0.353 e. The number of aliphatic carboxylic acids is 1. The van der Waals surface area contributed by atoms with Crippen LogP contribution < -0.4 is 10.00 Å². The van der Waals surface area contributed by atoms with Crippen LogP contribution >= 0.6 is 11.8 Å². The molecule has 9 nitrogen and oxygen atoms in total. The maximum absolute atomic E-state index is 12.5. The van der Waals surface area contributed by atoms with Crippen LogP contribution in [0.25, 0.3) is 0 Å². The molecule has 2 fully saturated rings. The summed E-state index contributed by atoms with van der Waals surface area (Å²) < 4.78 is 3.96. The van der Waals surface area contributed by atoms with Gasteiger partial charge < -0.3 is 25.5 Å². The minimum Gasteiger partial charge on any atom is -0.477 e. The molecule has 0 unspecified atom stereocenters. The molecule has 4 N–H and O–H groups in total. The molecule has 0 radical (unpaired) electrons. The molecule has 3 aliphatic rings. The van der Waals surface area contributed by atoms with Crippen molar-refractivity contribution in [2.24, 2.45) is 25.9 Å². The van der Waals surface area contributed by atoms with Crippen molar-refractivity contribution < 1.29 is 29.6 Å². The highest BCUT2D eigenvalue weighted by Crippen LogP contribution is 2.51. The molecule has 0 aromatic carbocycles. The van der Waals surface area contributed by atoms with E-state index in [-0.39, 0.29) is 41.5 Å². The summed E-state index contributed by atoms with van der Waals surface area (Å²) in [7, 11) is 3.89. The quantitative estimate of drug-likeness (QED) is 0.326. The van der Waals surface area contributed by atoms with E-state index < -0.39 is 18.0 Å². The van der Waals surface area contributed by atoms with E-state index in [1.807, 2.05) is 36.4 Å². The Morgan fingerprint density at radius 2 is 2.16 bits per heavy atom. The number of amides is 1. The normalized spacial score (nSPS) is 31.2. The highest BCUT2D eigenvalue weighted by molar-refractivity contribution is 8.03. The van der Waals surface area contributed by atoms with Crippen LogP contribution in [0.15, 0.2) is 16.7 Å². The number of rotatable bonds is 7. The standard InChI is InChI=1S/C21H30N4O5S/c1-10-17-16(11(2)27)20(28)25(17)18(21(29)30)19(10)31-15-6-12(22-8-15)5-13-7-14(9-26)24(4)23(13)3/h7,10-12,15-17,22,26-27H,5-6,8-9H2,1-4H3/p+1/t10-,11-,12-,15+,16-,17-/m1/s1. The van der Waals surface area contributed by atoms with Gasteiger partial charge in [0.2, 0.25) is 11.6 Å². The molecule has 0 saturated carbocycles. The summed E-state index contributed by atoms with van der Waals surface area (Å²) in [6.07, 6.45) is 0.915. The summed E-state index contributed by atoms with van der Waals surface area (Å²) in [6, 6.07) is 2.00. The van der Waals surface area contributed by atoms with Gasteiger partial charge in [-0.25, -0.2) is 4.79 Å². The fourth-order valence-corrected chi connectivity index (χ4v) is 6.76. The molecule has 31 heavy (non-hydrogen) atoms. The third kappa shape index (κ3) is 3.59. The Morgan fingerprint density at radius 1 is 1.45 bits per heavy atom. The number of hydrogen-bond donors (Lipinski definition) is 4. The SMILES string of the molecule is C[C@@H](O)[C@H]1C(=O)N2C(C(=O)O)=C(S[C@@H]3CN[C@H](Cc4cc(CO)n(C)[n+]4C)C3)[C@H](C)[C@H]12. The summed E-state index contributed by atoms with van der Waals surface area (Å²) in [4.78, 5) is 26.6. The molecule has 170 valence electrons. The number of aliphatic hydroxyl groups excluding tert-OH is 2. The molecule has 4 heterocycles. The van der Waals surface area contributed by atoms with Gasteiger partial charge in [-0.2, -0.15) is 4.68 Å². The third-order valence-corrected chi connectivity index (χ3v) is 8.53. The average molecular weight is 452 g/mol. The van der Waals surface area contributed by atoms with Gasteiger partial charge in [-0.3, -0.25) is 4.79 Å². The lowest BCUT2D eigenvalue weighted by atomic mass is 9.79. The number of aromatic nitrogens is 2. The molecular weight excluding hydrogens is 420 g/mol. The maximum atomic E-state index is 12.5. The van der Waals surface area contributed by atoms with E-state index in [4.69, 9.17) is 0 Å². The molecule has 0 spiro atoms. The highest BCUT2D eigenvalue weighted by Gasteiger charge is 2.60. The Bertz CT molecular complexity index is 942. The number of fused-ring (bicyclic) bond motifs is 1. The highest BCUT2D eigenvalue weighted by atomic mass is 32.2. The number of β-lactam (4-membered cyclic amide) rings is 1. The van der Waals surface area contributed by atoms with Gasteiger partial charge in [-0.15, -0.1) is 16.4 Å². The molecule has 0 aliphatic carbocycles. The van der Waals surface area contributed by atoms with Crippen molar-refractivity contribution >= 4 is 23.6 Å². The summed E-state index contributed by atoms with van der Waals surface area (Å²) in [5.74, 6) is -2.01. The smallest absolute Gasteiger partial charge is 0.353 e. The largest absolute Gasteiger partial charge is 0.477 e. The van der Waals surface area contributed by atoms with Crippen LogP contribution in [-0.4, -0.2) is 66.8 Å². The van der Waals surface area contributed by atoms with Crippen LogP contribution in [-0.2, 0) is 36.7 Å². The monoisotopic (exact) mass is 451 g/mol. The van der Waals surface area contributed by atoms with Gasteiger partial charge in [0, 0.05) is 34.7 Å². The lowest BCUT2D eigenvalue weighted by Crippen LogP contribution is -2.63. The van der Waals surface area contributed by atoms with Gasteiger partial charge in [-0.1, -0.05) is 6.92 Å². The summed E-state index contributed by atoms with van der Waals surface area (Å²) in [5, 5.41) is 33.0. The Balaban J connectivity index is 1.46. The number of thioether (sulfide) groups is 1. The van der Waals surface area contributed by atoms with Crippen LogP contribution in [0.3, 0.4) is 0 Å². The van der Waals surface area contributed by atoms with Crippen LogP contribution in [0.1, 0.15) is 31.7 Å². The van der Waals surface area contributed by atoms with Crippen molar-refractivity contribution in [2.45, 2.75) is 56.7 Å². The van der Waals surface area contributed by atoms with Crippen LogP contribution in [0, 0.1) is 11.8 Å². The first-order valence-electron chi connectivity index (χ1n) is 10.7. The molecule has 10 heteroatoms. The molecule has 1 aromatic heterocycles. The Hall–Kier alpha value is -1.88. The molecular formula is C21H31N4O5S+. The minimum atomic E-state index is -1.08. The number of carboxylic acid groups (broad SMARTS) is 1. The molecule has 1 aromatic rings. The van der Waals surface area contributed by atoms with Gasteiger partial charge in [0.05, 0.1) is 38.1 Å². The fraction of sp³-hybridized carbons (Fsp3) is 0.667. The number of hydrogen-bond acceptors (Lipinski definition) is 6. The first-order valence-corrected chi connectivity index (χ1v) is 11.6. The topological polar surface area (TPSA) is 119 Å². The first-order chi connectivity index (χ1) is 14.6. The van der Waals surface area contributed by atoms with E-state index in [9.17, 15) is 24.9 Å². The van der Waals surface area contributed by atoms with Crippen molar-refractivity contribution in [3.8, 4) is 0 Å². The fourth-order valence-electron chi connectivity index (χ4n) is 5.24. The molecule has 1 amide bonds. The van der Waals surface area contributed by atoms with Crippen LogP contribution in [0.2, 0.25) is 0 Å². The number of carbonyl (C=O) groups is 2. The van der Waals surface area contributed by atoms with Crippen LogP contribution in [0.4, 0.5) is 0 Å². The van der Waals surface area contributed by atoms with Gasteiger partial charge in [0.25, 0.3) is 0 Å². The molecule has 6 atom stereocenters. The van der Waals surface area contributed by atoms with Crippen molar-refractivity contribution in [3.63, 3.8) is 0 Å². The van der Waals surface area contributed by atoms with E-state index in [0.29, 0.717) is 0 Å². The van der Waals surface area contributed by atoms with E-state index in [2.05, 4.69) is 5.32 Å². The predicted molar refractivity (Wildman–Crippen MR) is 114 cm³/mol. The van der Waals surface area contributed by atoms with E-state index in [0.717, 1.165) is 35.7 Å². The Morgan fingerprint density at radius 3 is 2.74 bits per heavy atom. The molecule has 3 aliphatic heterocycles. The number of aliphatic hydroxyl groups is 2. The summed E-state index contributed by atoms with van der Waals surface area (Å²) in [5.41, 5.74) is 2.08.